The van der Waals surface area contributed by atoms with Gasteiger partial charge in [0.15, 0.2) is 0 Å². The van der Waals surface area contributed by atoms with Crippen molar-refractivity contribution in [1.29, 1.82) is 0 Å². The molecule has 57 heavy (non-hydrogen) atoms. The molecule has 0 saturated heterocycles. The minimum absolute atomic E-state index is 1.10. The molecule has 0 aliphatic rings. The fourth-order valence-corrected chi connectivity index (χ4v) is 8.21. The summed E-state index contributed by atoms with van der Waals surface area (Å²) in [5, 5.41) is 4.93. The van der Waals surface area contributed by atoms with E-state index in [2.05, 4.69) is 241 Å². The molecule has 268 valence electrons. The van der Waals surface area contributed by atoms with Crippen LogP contribution in [0.5, 0.6) is 0 Å². The second-order valence-electron chi connectivity index (χ2n) is 14.5. The van der Waals surface area contributed by atoms with Crippen molar-refractivity contribution in [3.63, 3.8) is 0 Å². The molecule has 0 fully saturated rings. The number of rotatable bonds is 8. The predicted molar refractivity (Wildman–Crippen MR) is 243 cm³/mol. The summed E-state index contributed by atoms with van der Waals surface area (Å²) in [6, 6.07) is 85.6. The Balaban J connectivity index is 1.09. The van der Waals surface area contributed by atoms with Crippen molar-refractivity contribution in [3.8, 4) is 55.6 Å². The Labute approximate surface area is 334 Å². The average molecular weight is 726 g/mol. The number of benzene rings is 10. The molecule has 0 aliphatic carbocycles. The summed E-state index contributed by atoms with van der Waals surface area (Å²) in [7, 11) is 0. The van der Waals surface area contributed by atoms with E-state index in [1.807, 2.05) is 0 Å². The first kappa shape index (κ1) is 34.0. The molecule has 0 spiro atoms. The van der Waals surface area contributed by atoms with E-state index in [-0.39, 0.29) is 0 Å². The van der Waals surface area contributed by atoms with Crippen molar-refractivity contribution in [1.82, 2.24) is 0 Å². The lowest BCUT2D eigenvalue weighted by Gasteiger charge is -2.28. The van der Waals surface area contributed by atoms with Gasteiger partial charge in [0.05, 0.1) is 5.69 Å². The molecule has 10 aromatic rings. The van der Waals surface area contributed by atoms with Gasteiger partial charge in [0.25, 0.3) is 0 Å². The Morgan fingerprint density at radius 2 is 0.649 bits per heavy atom. The molecule has 1 nitrogen and oxygen atoms in total. The lowest BCUT2D eigenvalue weighted by molar-refractivity contribution is 1.30. The maximum absolute atomic E-state index is 2.42. The number of fused-ring (bicyclic) bond motifs is 3. The number of hydrogen-bond donors (Lipinski definition) is 0. The molecule has 1 heteroatoms. The van der Waals surface area contributed by atoms with E-state index in [0.29, 0.717) is 0 Å². The lowest BCUT2D eigenvalue weighted by Crippen LogP contribution is -2.10. The zero-order chi connectivity index (χ0) is 38.0. The highest BCUT2D eigenvalue weighted by molar-refractivity contribution is 6.14. The first-order valence-corrected chi connectivity index (χ1v) is 19.6. The van der Waals surface area contributed by atoms with Gasteiger partial charge in [-0.25, -0.2) is 0 Å². The molecule has 0 saturated carbocycles. The fraction of sp³-hybridized carbons (Fsp3) is 0. The Kier molecular flexibility index (Phi) is 8.95. The second-order valence-corrected chi connectivity index (χ2v) is 14.5. The molecule has 0 aromatic heterocycles. The van der Waals surface area contributed by atoms with Crippen LogP contribution in [0.4, 0.5) is 17.1 Å². The first-order valence-electron chi connectivity index (χ1n) is 19.6. The van der Waals surface area contributed by atoms with Gasteiger partial charge < -0.3 is 4.90 Å². The van der Waals surface area contributed by atoms with Crippen molar-refractivity contribution in [2.24, 2.45) is 0 Å². The van der Waals surface area contributed by atoms with Gasteiger partial charge in [-0.3, -0.25) is 0 Å². The van der Waals surface area contributed by atoms with Crippen LogP contribution >= 0.6 is 0 Å². The molecule has 0 bridgehead atoms. The molecular formula is C56H39N. The van der Waals surface area contributed by atoms with Crippen LogP contribution in [-0.2, 0) is 0 Å². The zero-order valence-electron chi connectivity index (χ0n) is 31.5. The molecule has 0 radical (unpaired) electrons. The summed E-state index contributed by atoms with van der Waals surface area (Å²) >= 11 is 0. The number of anilines is 3. The molecule has 0 N–H and O–H groups in total. The summed E-state index contributed by atoms with van der Waals surface area (Å²) in [6.45, 7) is 0. The summed E-state index contributed by atoms with van der Waals surface area (Å²) in [6.07, 6.45) is 0. The van der Waals surface area contributed by atoms with Gasteiger partial charge in [-0.15, -0.1) is 0 Å². The smallest absolute Gasteiger partial charge is 0.0546 e. The molecule has 0 unspecified atom stereocenters. The normalized spacial score (nSPS) is 11.2. The van der Waals surface area contributed by atoms with Crippen molar-refractivity contribution in [3.05, 3.63) is 237 Å². The standard InChI is InChI=1S/C56H39N/c1-4-15-40(16-5-1)45-22-14-23-46(37-45)42-27-32-49(33-28-42)57(56-39-48-21-10-11-24-51(48)53-25-12-13-26-54(53)56)50-34-29-44(30-35-50)52-36-31-47(41-17-6-2-7-18-41)38-55(52)43-19-8-3-9-20-43/h1-39H. The minimum Gasteiger partial charge on any atom is -0.310 e. The number of hydrogen-bond acceptors (Lipinski definition) is 1. The summed E-state index contributed by atoms with van der Waals surface area (Å²) in [4.78, 5) is 2.42. The van der Waals surface area contributed by atoms with Crippen LogP contribution in [0.3, 0.4) is 0 Å². The molecular weight excluding hydrogens is 687 g/mol. The number of nitrogens with zero attached hydrogens (tertiary/aromatic N) is 1. The van der Waals surface area contributed by atoms with Gasteiger partial charge in [-0.05, 0) is 114 Å². The van der Waals surface area contributed by atoms with Crippen molar-refractivity contribution in [2.75, 3.05) is 4.90 Å². The Bertz CT molecular complexity index is 2970. The van der Waals surface area contributed by atoms with Gasteiger partial charge in [0, 0.05) is 16.8 Å². The predicted octanol–water partition coefficient (Wildman–Crippen LogP) is 15.8. The maximum Gasteiger partial charge on any atom is 0.0546 e. The van der Waals surface area contributed by atoms with Gasteiger partial charge in [-0.2, -0.15) is 0 Å². The third-order valence-electron chi connectivity index (χ3n) is 11.1. The Morgan fingerprint density at radius 1 is 0.228 bits per heavy atom. The molecule has 10 aromatic carbocycles. The van der Waals surface area contributed by atoms with E-state index in [0.717, 1.165) is 17.1 Å². The van der Waals surface area contributed by atoms with Gasteiger partial charge >= 0.3 is 0 Å². The monoisotopic (exact) mass is 725 g/mol. The maximum atomic E-state index is 2.42. The van der Waals surface area contributed by atoms with Crippen LogP contribution in [0.1, 0.15) is 0 Å². The van der Waals surface area contributed by atoms with E-state index in [9.17, 15) is 0 Å². The lowest BCUT2D eigenvalue weighted by atomic mass is 9.91. The van der Waals surface area contributed by atoms with E-state index >= 15 is 0 Å². The van der Waals surface area contributed by atoms with Crippen LogP contribution in [0.15, 0.2) is 237 Å². The van der Waals surface area contributed by atoms with Crippen molar-refractivity contribution < 1.29 is 0 Å². The zero-order valence-corrected chi connectivity index (χ0v) is 31.5. The third-order valence-corrected chi connectivity index (χ3v) is 11.1. The average Bonchev–Trinajstić information content (AvgIpc) is 3.30. The molecule has 0 aliphatic heterocycles. The Morgan fingerprint density at radius 3 is 1.26 bits per heavy atom. The SMILES string of the molecule is c1ccc(-c2cccc(-c3ccc(N(c4ccc(-c5ccc(-c6ccccc6)cc5-c5ccccc5)cc4)c4cc5ccccc5c5ccccc45)cc3)c2)cc1. The summed E-state index contributed by atoms with van der Waals surface area (Å²) in [5.74, 6) is 0. The van der Waals surface area contributed by atoms with E-state index in [4.69, 9.17) is 0 Å². The highest BCUT2D eigenvalue weighted by atomic mass is 15.1. The molecule has 10 rings (SSSR count). The van der Waals surface area contributed by atoms with Crippen LogP contribution in [0.2, 0.25) is 0 Å². The Hall–Kier alpha value is -7.48. The van der Waals surface area contributed by atoms with Gasteiger partial charge in [0.2, 0.25) is 0 Å². The molecule has 0 atom stereocenters. The topological polar surface area (TPSA) is 3.24 Å². The fourth-order valence-electron chi connectivity index (χ4n) is 8.21. The first-order chi connectivity index (χ1) is 28.3. The van der Waals surface area contributed by atoms with Crippen LogP contribution in [0.25, 0.3) is 77.2 Å². The highest BCUT2D eigenvalue weighted by Gasteiger charge is 2.19. The summed E-state index contributed by atoms with van der Waals surface area (Å²) < 4.78 is 0. The largest absolute Gasteiger partial charge is 0.310 e. The minimum atomic E-state index is 1.10. The van der Waals surface area contributed by atoms with Crippen LogP contribution in [-0.4, -0.2) is 0 Å². The van der Waals surface area contributed by atoms with Crippen LogP contribution < -0.4 is 4.90 Å². The third kappa shape index (κ3) is 6.66. The van der Waals surface area contributed by atoms with E-state index < -0.39 is 0 Å². The van der Waals surface area contributed by atoms with E-state index in [1.165, 1.54) is 77.2 Å². The molecule has 0 heterocycles. The van der Waals surface area contributed by atoms with Crippen molar-refractivity contribution in [2.45, 2.75) is 0 Å². The summed E-state index contributed by atoms with van der Waals surface area (Å²) in [5.41, 5.74) is 15.4. The van der Waals surface area contributed by atoms with E-state index in [1.54, 1.807) is 0 Å². The molecule has 0 amide bonds. The van der Waals surface area contributed by atoms with Crippen LogP contribution in [0, 0.1) is 0 Å². The quantitative estimate of drug-likeness (QED) is 0.141. The highest BCUT2D eigenvalue weighted by Crippen LogP contribution is 2.44. The van der Waals surface area contributed by atoms with Crippen molar-refractivity contribution >= 4 is 38.6 Å². The van der Waals surface area contributed by atoms with Gasteiger partial charge in [0.1, 0.15) is 0 Å². The second kappa shape index (κ2) is 15.0. The van der Waals surface area contributed by atoms with Gasteiger partial charge in [-0.1, -0.05) is 194 Å².